The van der Waals surface area contributed by atoms with E-state index < -0.39 is 11.9 Å². The molecule has 0 saturated carbocycles. The van der Waals surface area contributed by atoms with Gasteiger partial charge in [-0.15, -0.1) is 0 Å². The van der Waals surface area contributed by atoms with Crippen molar-refractivity contribution in [2.75, 3.05) is 6.61 Å². The van der Waals surface area contributed by atoms with Crippen molar-refractivity contribution in [3.8, 4) is 0 Å². The molecule has 0 aromatic heterocycles. The lowest BCUT2D eigenvalue weighted by Crippen LogP contribution is -2.18. The van der Waals surface area contributed by atoms with Gasteiger partial charge in [0.05, 0.1) is 6.61 Å². The second-order valence-electron chi connectivity index (χ2n) is 3.28. The van der Waals surface area contributed by atoms with Crippen molar-refractivity contribution in [2.45, 2.75) is 39.0 Å². The van der Waals surface area contributed by atoms with Gasteiger partial charge in [0.1, 0.15) is 0 Å². The predicted octanol–water partition coefficient (Wildman–Crippen LogP) is 1.41. The van der Waals surface area contributed by atoms with Gasteiger partial charge in [0.25, 0.3) is 0 Å². The molecule has 0 aliphatic rings. The number of nitrogens with zero attached hydrogens (tertiary/aromatic N) is 1. The highest BCUT2D eigenvalue weighted by atomic mass is 16.5. The van der Waals surface area contributed by atoms with Gasteiger partial charge < -0.3 is 15.1 Å². The Balaban J connectivity index is 3.89. The molecule has 0 aliphatic carbocycles. The molecule has 2 N–H and O–H groups in total. The Morgan fingerprint density at radius 3 is 2.44 bits per heavy atom. The van der Waals surface area contributed by atoms with Gasteiger partial charge >= 0.3 is 11.9 Å². The molecule has 0 bridgehead atoms. The lowest BCUT2D eigenvalue weighted by molar-refractivity contribution is -0.138. The zero-order valence-corrected chi connectivity index (χ0v) is 9.31. The standard InChI is InChI=1S/C10H17NO5/c1-2-3-7-16-10(14)8(11-15)5-4-6-9(12)13/h15H,2-7H2,1H3,(H,12,13)/b11-8+. The summed E-state index contributed by atoms with van der Waals surface area (Å²) in [6.45, 7) is 2.25. The zero-order valence-electron chi connectivity index (χ0n) is 9.31. The lowest BCUT2D eigenvalue weighted by atomic mass is 10.1. The number of carbonyl (C=O) groups is 2. The van der Waals surface area contributed by atoms with Crippen LogP contribution in [0.2, 0.25) is 0 Å². The molecule has 92 valence electrons. The van der Waals surface area contributed by atoms with Crippen molar-refractivity contribution in [1.82, 2.24) is 0 Å². The number of hydrogen-bond donors (Lipinski definition) is 2. The van der Waals surface area contributed by atoms with Crippen LogP contribution in [-0.4, -0.2) is 34.6 Å². The largest absolute Gasteiger partial charge is 0.481 e. The van der Waals surface area contributed by atoms with Crippen molar-refractivity contribution in [3.05, 3.63) is 0 Å². The van der Waals surface area contributed by atoms with E-state index in [9.17, 15) is 9.59 Å². The molecule has 0 aromatic carbocycles. The summed E-state index contributed by atoms with van der Waals surface area (Å²) in [6.07, 6.45) is 1.93. The van der Waals surface area contributed by atoms with Gasteiger partial charge in [0.15, 0.2) is 5.71 Å². The van der Waals surface area contributed by atoms with E-state index in [2.05, 4.69) is 5.16 Å². The van der Waals surface area contributed by atoms with Crippen LogP contribution in [-0.2, 0) is 14.3 Å². The molecule has 0 spiro atoms. The van der Waals surface area contributed by atoms with Crippen LogP contribution in [0.3, 0.4) is 0 Å². The molecule has 0 atom stereocenters. The number of rotatable bonds is 8. The summed E-state index contributed by atoms with van der Waals surface area (Å²) in [6, 6.07) is 0. The minimum atomic E-state index is -0.948. The van der Waals surface area contributed by atoms with Gasteiger partial charge in [0.2, 0.25) is 0 Å². The van der Waals surface area contributed by atoms with Crippen molar-refractivity contribution < 1.29 is 24.6 Å². The number of aliphatic carboxylic acids is 1. The third-order valence-electron chi connectivity index (χ3n) is 1.89. The number of carboxylic acids is 1. The minimum Gasteiger partial charge on any atom is -0.481 e. The number of oxime groups is 1. The van der Waals surface area contributed by atoms with Crippen LogP contribution in [0.25, 0.3) is 0 Å². The number of unbranched alkanes of at least 4 members (excludes halogenated alkanes) is 1. The highest BCUT2D eigenvalue weighted by Crippen LogP contribution is 2.01. The van der Waals surface area contributed by atoms with E-state index in [0.29, 0.717) is 0 Å². The zero-order chi connectivity index (χ0) is 12.4. The Hall–Kier alpha value is -1.59. The second kappa shape index (κ2) is 8.70. The fourth-order valence-electron chi connectivity index (χ4n) is 0.992. The maximum absolute atomic E-state index is 11.3. The summed E-state index contributed by atoms with van der Waals surface area (Å²) in [7, 11) is 0. The van der Waals surface area contributed by atoms with E-state index >= 15 is 0 Å². The highest BCUT2D eigenvalue weighted by molar-refractivity contribution is 6.36. The van der Waals surface area contributed by atoms with E-state index in [1.54, 1.807) is 0 Å². The Bertz CT molecular complexity index is 262. The first-order valence-electron chi connectivity index (χ1n) is 5.21. The van der Waals surface area contributed by atoms with Crippen molar-refractivity contribution in [1.29, 1.82) is 0 Å². The normalized spacial score (nSPS) is 11.2. The molecule has 0 aliphatic heterocycles. The van der Waals surface area contributed by atoms with Gasteiger partial charge in [-0.25, -0.2) is 4.79 Å². The SMILES string of the molecule is CCCCOC(=O)/C(CCCC(=O)O)=N/O. The molecule has 0 heterocycles. The number of ether oxygens (including phenoxy) is 1. The first-order valence-corrected chi connectivity index (χ1v) is 5.21. The maximum atomic E-state index is 11.3. The van der Waals surface area contributed by atoms with Gasteiger partial charge in [-0.2, -0.15) is 0 Å². The van der Waals surface area contributed by atoms with Gasteiger partial charge in [0, 0.05) is 12.8 Å². The number of carboxylic acid groups (broad SMARTS) is 1. The molecule has 0 amide bonds. The lowest BCUT2D eigenvalue weighted by Gasteiger charge is -2.04. The number of carbonyl (C=O) groups excluding carboxylic acids is 1. The Morgan fingerprint density at radius 1 is 1.25 bits per heavy atom. The topological polar surface area (TPSA) is 96.2 Å². The van der Waals surface area contributed by atoms with Gasteiger partial charge in [-0.3, -0.25) is 4.79 Å². The third-order valence-corrected chi connectivity index (χ3v) is 1.89. The van der Waals surface area contributed by atoms with E-state index in [-0.39, 0.29) is 31.6 Å². The number of esters is 1. The smallest absolute Gasteiger partial charge is 0.356 e. The van der Waals surface area contributed by atoms with Crippen LogP contribution < -0.4 is 0 Å². The summed E-state index contributed by atoms with van der Waals surface area (Å²) < 4.78 is 4.82. The first-order chi connectivity index (χ1) is 7.61. The van der Waals surface area contributed by atoms with Crippen LogP contribution in [0.4, 0.5) is 0 Å². The molecule has 6 nitrogen and oxygen atoms in total. The van der Waals surface area contributed by atoms with Crippen LogP contribution in [0.1, 0.15) is 39.0 Å². The highest BCUT2D eigenvalue weighted by Gasteiger charge is 2.13. The van der Waals surface area contributed by atoms with Crippen molar-refractivity contribution >= 4 is 17.7 Å². The molecular formula is C10H17NO5. The molecule has 6 heteroatoms. The quantitative estimate of drug-likeness (QED) is 0.216. The van der Waals surface area contributed by atoms with E-state index in [1.807, 2.05) is 6.92 Å². The van der Waals surface area contributed by atoms with E-state index in [0.717, 1.165) is 12.8 Å². The fraction of sp³-hybridized carbons (Fsp3) is 0.700. The Labute approximate surface area is 93.9 Å². The summed E-state index contributed by atoms with van der Waals surface area (Å²) in [4.78, 5) is 21.5. The molecule has 0 unspecified atom stereocenters. The molecule has 0 fully saturated rings. The molecule has 0 saturated heterocycles. The van der Waals surface area contributed by atoms with E-state index in [1.165, 1.54) is 0 Å². The van der Waals surface area contributed by atoms with Crippen molar-refractivity contribution in [3.63, 3.8) is 0 Å². The van der Waals surface area contributed by atoms with Crippen LogP contribution in [0, 0.1) is 0 Å². The minimum absolute atomic E-state index is 0.0682. The van der Waals surface area contributed by atoms with Gasteiger partial charge in [-0.1, -0.05) is 18.5 Å². The van der Waals surface area contributed by atoms with E-state index in [4.69, 9.17) is 15.1 Å². The average Bonchev–Trinajstić information content (AvgIpc) is 2.24. The molecule has 0 rings (SSSR count). The third kappa shape index (κ3) is 6.80. The van der Waals surface area contributed by atoms with Crippen molar-refractivity contribution in [2.24, 2.45) is 5.16 Å². The molecule has 0 radical (unpaired) electrons. The summed E-state index contributed by atoms with van der Waals surface area (Å²) >= 11 is 0. The summed E-state index contributed by atoms with van der Waals surface area (Å²) in [5.74, 6) is -1.63. The maximum Gasteiger partial charge on any atom is 0.356 e. The summed E-state index contributed by atoms with van der Waals surface area (Å²) in [5, 5.41) is 19.8. The monoisotopic (exact) mass is 231 g/mol. The molecular weight excluding hydrogens is 214 g/mol. The van der Waals surface area contributed by atoms with Crippen LogP contribution >= 0.6 is 0 Å². The second-order valence-corrected chi connectivity index (χ2v) is 3.28. The van der Waals surface area contributed by atoms with Gasteiger partial charge in [-0.05, 0) is 12.8 Å². The average molecular weight is 231 g/mol. The van der Waals surface area contributed by atoms with Crippen LogP contribution in [0.15, 0.2) is 5.16 Å². The predicted molar refractivity (Wildman–Crippen MR) is 56.6 cm³/mol. The molecule has 0 aromatic rings. The Morgan fingerprint density at radius 2 is 1.94 bits per heavy atom. The Kier molecular flexibility index (Phi) is 7.83. The fourth-order valence-corrected chi connectivity index (χ4v) is 0.992. The summed E-state index contributed by atoms with van der Waals surface area (Å²) in [5.41, 5.74) is -0.127. The van der Waals surface area contributed by atoms with Crippen LogP contribution in [0.5, 0.6) is 0 Å². The number of hydrogen-bond acceptors (Lipinski definition) is 5. The first kappa shape index (κ1) is 14.4. The molecule has 16 heavy (non-hydrogen) atoms.